The zero-order valence-electron chi connectivity index (χ0n) is 13.0. The highest BCUT2D eigenvalue weighted by Gasteiger charge is 2.29. The molecule has 1 aromatic heterocycles. The average Bonchev–Trinajstić information content (AvgIpc) is 3.18. The summed E-state index contributed by atoms with van der Waals surface area (Å²) in [6, 6.07) is 6.53. The summed E-state index contributed by atoms with van der Waals surface area (Å²) in [5.41, 5.74) is 1.39. The zero-order chi connectivity index (χ0) is 17.3. The first-order valence-corrected chi connectivity index (χ1v) is 10.7. The van der Waals surface area contributed by atoms with Crippen LogP contribution in [0.5, 0.6) is 0 Å². The molecule has 5 nitrogen and oxygen atoms in total. The molecular weight excluding hydrogens is 412 g/mol. The maximum Gasteiger partial charge on any atom is 0.255 e. The number of halogens is 1. The second-order valence-electron chi connectivity index (χ2n) is 5.83. The SMILES string of the molecule is CN(Cc1ccsc1)C(=O)c1cc(S(=O)(=O)NC2CC2)ccc1Br. The van der Waals surface area contributed by atoms with Gasteiger partial charge < -0.3 is 4.90 Å². The minimum atomic E-state index is -3.59. The van der Waals surface area contributed by atoms with E-state index in [9.17, 15) is 13.2 Å². The van der Waals surface area contributed by atoms with Gasteiger partial charge in [-0.05, 0) is 69.4 Å². The Morgan fingerprint density at radius 2 is 2.12 bits per heavy atom. The molecule has 0 bridgehead atoms. The lowest BCUT2D eigenvalue weighted by molar-refractivity contribution is 0.0784. The molecule has 0 atom stereocenters. The van der Waals surface area contributed by atoms with E-state index in [2.05, 4.69) is 20.7 Å². The highest BCUT2D eigenvalue weighted by molar-refractivity contribution is 9.10. The highest BCUT2D eigenvalue weighted by Crippen LogP contribution is 2.26. The van der Waals surface area contributed by atoms with E-state index in [1.807, 2.05) is 16.8 Å². The number of carbonyl (C=O) groups is 1. The van der Waals surface area contributed by atoms with Gasteiger partial charge in [-0.25, -0.2) is 13.1 Å². The van der Waals surface area contributed by atoms with Crippen molar-refractivity contribution in [3.8, 4) is 0 Å². The zero-order valence-corrected chi connectivity index (χ0v) is 16.2. The molecule has 0 saturated heterocycles. The lowest BCUT2D eigenvalue weighted by Crippen LogP contribution is -2.28. The van der Waals surface area contributed by atoms with Gasteiger partial charge in [0, 0.05) is 24.1 Å². The number of thiophene rings is 1. The van der Waals surface area contributed by atoms with Crippen LogP contribution >= 0.6 is 27.3 Å². The maximum atomic E-state index is 12.7. The number of nitrogens with one attached hydrogen (secondary N) is 1. The molecule has 1 N–H and O–H groups in total. The molecule has 24 heavy (non-hydrogen) atoms. The molecule has 0 unspecified atom stereocenters. The first-order valence-electron chi connectivity index (χ1n) is 7.45. The van der Waals surface area contributed by atoms with Gasteiger partial charge in [0.25, 0.3) is 5.91 Å². The van der Waals surface area contributed by atoms with Crippen molar-refractivity contribution >= 4 is 43.2 Å². The van der Waals surface area contributed by atoms with Gasteiger partial charge in [-0.3, -0.25) is 4.79 Å². The number of sulfonamides is 1. The predicted octanol–water partition coefficient (Wildman–Crippen LogP) is 3.22. The number of hydrogen-bond donors (Lipinski definition) is 1. The number of carbonyl (C=O) groups excluding carboxylic acids is 1. The Hall–Kier alpha value is -1.22. The van der Waals surface area contributed by atoms with Crippen molar-refractivity contribution in [2.45, 2.75) is 30.3 Å². The average molecular weight is 429 g/mol. The van der Waals surface area contributed by atoms with Gasteiger partial charge in [0.1, 0.15) is 0 Å². The van der Waals surface area contributed by atoms with E-state index in [4.69, 9.17) is 0 Å². The van der Waals surface area contributed by atoms with Crippen LogP contribution in [0.1, 0.15) is 28.8 Å². The number of amides is 1. The molecule has 0 spiro atoms. The fourth-order valence-electron chi connectivity index (χ4n) is 2.26. The monoisotopic (exact) mass is 428 g/mol. The summed E-state index contributed by atoms with van der Waals surface area (Å²) in [6.45, 7) is 0.478. The van der Waals surface area contributed by atoms with Gasteiger partial charge in [-0.15, -0.1) is 0 Å². The Morgan fingerprint density at radius 3 is 2.75 bits per heavy atom. The molecule has 0 radical (unpaired) electrons. The normalized spacial score (nSPS) is 14.6. The van der Waals surface area contributed by atoms with E-state index in [1.165, 1.54) is 12.1 Å². The first-order chi connectivity index (χ1) is 11.4. The van der Waals surface area contributed by atoms with E-state index in [1.54, 1.807) is 29.4 Å². The third-order valence-electron chi connectivity index (χ3n) is 3.72. The first kappa shape index (κ1) is 17.6. The van der Waals surface area contributed by atoms with E-state index < -0.39 is 10.0 Å². The minimum Gasteiger partial charge on any atom is -0.337 e. The summed E-state index contributed by atoms with van der Waals surface area (Å²) < 4.78 is 27.9. The Bertz CT molecular complexity index is 846. The standard InChI is InChI=1S/C16H17BrN2O3S2/c1-19(9-11-6-7-23-10-11)16(20)14-8-13(4-5-15(14)17)24(21,22)18-12-2-3-12/h4-8,10,12,18H,2-3,9H2,1H3. The quantitative estimate of drug-likeness (QED) is 0.767. The fraction of sp³-hybridized carbons (Fsp3) is 0.312. The minimum absolute atomic E-state index is 0.0269. The van der Waals surface area contributed by atoms with E-state index >= 15 is 0 Å². The second kappa shape index (κ2) is 6.95. The van der Waals surface area contributed by atoms with Crippen molar-refractivity contribution in [1.82, 2.24) is 9.62 Å². The third kappa shape index (κ3) is 4.05. The van der Waals surface area contributed by atoms with Gasteiger partial charge in [0.05, 0.1) is 10.5 Å². The van der Waals surface area contributed by atoms with Crippen LogP contribution in [0, 0.1) is 0 Å². The van der Waals surface area contributed by atoms with Crippen LogP contribution in [0.4, 0.5) is 0 Å². The van der Waals surface area contributed by atoms with Gasteiger partial charge in [0.2, 0.25) is 10.0 Å². The number of nitrogens with zero attached hydrogens (tertiary/aromatic N) is 1. The largest absolute Gasteiger partial charge is 0.337 e. The van der Waals surface area contributed by atoms with Crippen molar-refractivity contribution < 1.29 is 13.2 Å². The summed E-state index contributed by atoms with van der Waals surface area (Å²) in [5, 5.41) is 3.94. The Labute approximate surface area is 153 Å². The Kier molecular flexibility index (Phi) is 5.10. The summed E-state index contributed by atoms with van der Waals surface area (Å²) in [5.74, 6) is -0.225. The molecule has 0 aliphatic heterocycles. The van der Waals surface area contributed by atoms with Gasteiger partial charge in [-0.1, -0.05) is 0 Å². The van der Waals surface area contributed by atoms with Crippen LogP contribution in [0.3, 0.4) is 0 Å². The third-order valence-corrected chi connectivity index (χ3v) is 6.67. The van der Waals surface area contributed by atoms with Crippen molar-refractivity contribution in [2.75, 3.05) is 7.05 Å². The van der Waals surface area contributed by atoms with E-state index in [0.717, 1.165) is 18.4 Å². The molecule has 1 amide bonds. The lowest BCUT2D eigenvalue weighted by atomic mass is 10.2. The van der Waals surface area contributed by atoms with E-state index in [0.29, 0.717) is 16.6 Å². The van der Waals surface area contributed by atoms with Crippen LogP contribution < -0.4 is 4.72 Å². The molecule has 1 aliphatic carbocycles. The van der Waals surface area contributed by atoms with Crippen LogP contribution in [0.2, 0.25) is 0 Å². The number of hydrogen-bond acceptors (Lipinski definition) is 4. The summed E-state index contributed by atoms with van der Waals surface area (Å²) in [4.78, 5) is 14.4. The van der Waals surface area contributed by atoms with Gasteiger partial charge in [-0.2, -0.15) is 11.3 Å². The highest BCUT2D eigenvalue weighted by atomic mass is 79.9. The molecule has 128 valence electrons. The number of rotatable bonds is 6. The molecular formula is C16H17BrN2O3S2. The molecule has 1 aromatic carbocycles. The van der Waals surface area contributed by atoms with Gasteiger partial charge >= 0.3 is 0 Å². The van der Waals surface area contributed by atoms with Gasteiger partial charge in [0.15, 0.2) is 0 Å². The molecule has 1 heterocycles. The predicted molar refractivity (Wildman–Crippen MR) is 97.6 cm³/mol. The molecule has 3 rings (SSSR count). The number of benzene rings is 1. The van der Waals surface area contributed by atoms with E-state index in [-0.39, 0.29) is 16.8 Å². The molecule has 2 aromatic rings. The smallest absolute Gasteiger partial charge is 0.255 e. The topological polar surface area (TPSA) is 66.5 Å². The molecule has 1 fully saturated rings. The van der Waals surface area contributed by atoms with Crippen molar-refractivity contribution in [1.29, 1.82) is 0 Å². The summed E-state index contributed by atoms with van der Waals surface area (Å²) >= 11 is 4.92. The van der Waals surface area contributed by atoms with Crippen LogP contribution in [-0.4, -0.2) is 32.3 Å². The van der Waals surface area contributed by atoms with Crippen molar-refractivity contribution in [2.24, 2.45) is 0 Å². The Morgan fingerprint density at radius 1 is 1.38 bits per heavy atom. The maximum absolute atomic E-state index is 12.7. The summed E-state index contributed by atoms with van der Waals surface area (Å²) in [7, 11) is -1.88. The molecule has 8 heteroatoms. The molecule has 1 saturated carbocycles. The van der Waals surface area contributed by atoms with Crippen LogP contribution in [-0.2, 0) is 16.6 Å². The van der Waals surface area contributed by atoms with Crippen molar-refractivity contribution in [3.63, 3.8) is 0 Å². The van der Waals surface area contributed by atoms with Crippen LogP contribution in [0.15, 0.2) is 44.4 Å². The molecule has 1 aliphatic rings. The summed E-state index contributed by atoms with van der Waals surface area (Å²) in [6.07, 6.45) is 1.73. The lowest BCUT2D eigenvalue weighted by Gasteiger charge is -2.18. The fourth-order valence-corrected chi connectivity index (χ4v) is 4.66. The van der Waals surface area contributed by atoms with Crippen LogP contribution in [0.25, 0.3) is 0 Å². The Balaban J connectivity index is 1.83. The van der Waals surface area contributed by atoms with Crippen molar-refractivity contribution in [3.05, 3.63) is 50.6 Å². The second-order valence-corrected chi connectivity index (χ2v) is 9.18.